The highest BCUT2D eigenvalue weighted by Crippen LogP contribution is 2.17. The molecule has 0 spiro atoms. The van der Waals surface area contributed by atoms with Gasteiger partial charge in [-0.3, -0.25) is 9.59 Å². The fourth-order valence-electron chi connectivity index (χ4n) is 3.82. The van der Waals surface area contributed by atoms with Crippen molar-refractivity contribution in [3.8, 4) is 5.75 Å². The van der Waals surface area contributed by atoms with Crippen molar-refractivity contribution in [3.63, 3.8) is 0 Å². The minimum Gasteiger partial charge on any atom is -0.494 e. The Morgan fingerprint density at radius 2 is 1.72 bits per heavy atom. The zero-order chi connectivity index (χ0) is 23.3. The van der Waals surface area contributed by atoms with Crippen molar-refractivity contribution in [1.29, 1.82) is 0 Å². The molecule has 1 aliphatic heterocycles. The summed E-state index contributed by atoms with van der Waals surface area (Å²) in [5, 5.41) is 2.93. The third-order valence-corrected chi connectivity index (χ3v) is 5.51. The van der Waals surface area contributed by atoms with E-state index < -0.39 is 6.04 Å². The summed E-state index contributed by atoms with van der Waals surface area (Å²) in [7, 11) is 0. The van der Waals surface area contributed by atoms with Gasteiger partial charge in [0.25, 0.3) is 5.91 Å². The first-order chi connectivity index (χ1) is 15.3. The maximum absolute atomic E-state index is 13.2. The molecule has 2 aromatic rings. The number of benzene rings is 1. The Hall–Kier alpha value is -3.16. The van der Waals surface area contributed by atoms with Crippen LogP contribution in [0.25, 0.3) is 0 Å². The average Bonchev–Trinajstić information content (AvgIpc) is 2.77. The van der Waals surface area contributed by atoms with Crippen molar-refractivity contribution in [2.75, 3.05) is 37.7 Å². The quantitative estimate of drug-likeness (QED) is 0.714. The molecule has 1 aromatic carbocycles. The van der Waals surface area contributed by atoms with E-state index >= 15 is 0 Å². The molecule has 1 atom stereocenters. The fraction of sp³-hybridized carbons (Fsp3) is 0.500. The molecular formula is C24H33N5O3. The number of carbonyl (C=O) groups excluding carboxylic acids is 2. The number of aryl methyl sites for hydroxylation is 2. The normalized spacial score (nSPS) is 14.9. The summed E-state index contributed by atoms with van der Waals surface area (Å²) < 4.78 is 5.43. The highest BCUT2D eigenvalue weighted by atomic mass is 16.5. The number of amides is 2. The van der Waals surface area contributed by atoms with E-state index in [0.29, 0.717) is 44.1 Å². The number of ether oxygens (including phenoxy) is 1. The van der Waals surface area contributed by atoms with Crippen molar-refractivity contribution in [2.45, 2.75) is 40.7 Å². The highest BCUT2D eigenvalue weighted by molar-refractivity contribution is 5.97. The van der Waals surface area contributed by atoms with Gasteiger partial charge in [-0.2, -0.15) is 0 Å². The maximum Gasteiger partial charge on any atom is 0.251 e. The number of nitrogens with one attached hydrogen (secondary N) is 1. The van der Waals surface area contributed by atoms with Crippen molar-refractivity contribution < 1.29 is 14.3 Å². The van der Waals surface area contributed by atoms with E-state index in [1.165, 1.54) is 0 Å². The topological polar surface area (TPSA) is 87.7 Å². The predicted octanol–water partition coefficient (Wildman–Crippen LogP) is 2.60. The van der Waals surface area contributed by atoms with Crippen LogP contribution in [-0.2, 0) is 4.79 Å². The van der Waals surface area contributed by atoms with Gasteiger partial charge < -0.3 is 19.9 Å². The van der Waals surface area contributed by atoms with Crippen LogP contribution in [-0.4, -0.2) is 65.5 Å². The minimum atomic E-state index is -0.579. The predicted molar refractivity (Wildman–Crippen MR) is 124 cm³/mol. The molecule has 172 valence electrons. The Morgan fingerprint density at radius 1 is 1.06 bits per heavy atom. The number of hydrogen-bond donors (Lipinski definition) is 1. The summed E-state index contributed by atoms with van der Waals surface area (Å²) in [4.78, 5) is 38.9. The van der Waals surface area contributed by atoms with Gasteiger partial charge in [0.1, 0.15) is 23.4 Å². The molecule has 0 radical (unpaired) electrons. The third kappa shape index (κ3) is 5.75. The van der Waals surface area contributed by atoms with Gasteiger partial charge in [0, 0.05) is 43.5 Å². The molecule has 1 saturated heterocycles. The summed E-state index contributed by atoms with van der Waals surface area (Å²) in [6, 6.07) is 8.35. The van der Waals surface area contributed by atoms with Crippen LogP contribution in [0.4, 0.5) is 5.82 Å². The summed E-state index contributed by atoms with van der Waals surface area (Å²) >= 11 is 0. The number of anilines is 1. The Balaban J connectivity index is 1.62. The van der Waals surface area contributed by atoms with E-state index in [4.69, 9.17) is 4.74 Å². The zero-order valence-electron chi connectivity index (χ0n) is 19.6. The largest absolute Gasteiger partial charge is 0.494 e. The van der Waals surface area contributed by atoms with Crippen LogP contribution in [0.1, 0.15) is 42.6 Å². The molecular weight excluding hydrogens is 406 g/mol. The van der Waals surface area contributed by atoms with E-state index in [9.17, 15) is 9.59 Å². The summed E-state index contributed by atoms with van der Waals surface area (Å²) in [6.07, 6.45) is 0. The van der Waals surface area contributed by atoms with Crippen LogP contribution in [0.2, 0.25) is 0 Å². The maximum atomic E-state index is 13.2. The fourth-order valence-corrected chi connectivity index (χ4v) is 3.82. The Morgan fingerprint density at radius 3 is 2.28 bits per heavy atom. The van der Waals surface area contributed by atoms with Crippen molar-refractivity contribution in [1.82, 2.24) is 20.2 Å². The first-order valence-corrected chi connectivity index (χ1v) is 11.2. The van der Waals surface area contributed by atoms with E-state index in [-0.39, 0.29) is 17.7 Å². The molecule has 1 unspecified atom stereocenters. The molecule has 1 aliphatic rings. The molecule has 3 rings (SSSR count). The number of aromatic nitrogens is 2. The average molecular weight is 440 g/mol. The van der Waals surface area contributed by atoms with Crippen LogP contribution in [0.15, 0.2) is 30.3 Å². The Kier molecular flexibility index (Phi) is 7.66. The summed E-state index contributed by atoms with van der Waals surface area (Å²) in [5.74, 6) is 2.02. The van der Waals surface area contributed by atoms with E-state index in [1.54, 1.807) is 24.3 Å². The number of piperazine rings is 1. The summed E-state index contributed by atoms with van der Waals surface area (Å²) in [6.45, 7) is 12.8. The lowest BCUT2D eigenvalue weighted by molar-refractivity contribution is -0.134. The molecule has 32 heavy (non-hydrogen) atoms. The molecule has 2 amide bonds. The van der Waals surface area contributed by atoms with Gasteiger partial charge in [0.05, 0.1) is 6.61 Å². The second kappa shape index (κ2) is 10.4. The SMILES string of the molecule is CCOc1ccc(C(=O)NC(C(=O)N2CCN(c3cc(C)nc(C)n3)CC2)C(C)C)cc1. The van der Waals surface area contributed by atoms with Gasteiger partial charge in [-0.1, -0.05) is 13.8 Å². The monoisotopic (exact) mass is 439 g/mol. The number of carbonyl (C=O) groups is 2. The molecule has 1 N–H and O–H groups in total. The lowest BCUT2D eigenvalue weighted by Crippen LogP contribution is -2.56. The lowest BCUT2D eigenvalue weighted by atomic mass is 10.0. The van der Waals surface area contributed by atoms with Crippen LogP contribution >= 0.6 is 0 Å². The van der Waals surface area contributed by atoms with Crippen LogP contribution < -0.4 is 15.0 Å². The summed E-state index contributed by atoms with van der Waals surface area (Å²) in [5.41, 5.74) is 1.44. The third-order valence-electron chi connectivity index (χ3n) is 5.51. The molecule has 2 heterocycles. The van der Waals surface area contributed by atoms with Crippen molar-refractivity contribution >= 4 is 17.6 Å². The second-order valence-electron chi connectivity index (χ2n) is 8.38. The van der Waals surface area contributed by atoms with Gasteiger partial charge in [-0.25, -0.2) is 9.97 Å². The van der Waals surface area contributed by atoms with E-state index in [1.807, 2.05) is 45.6 Å². The Labute approximate surface area is 190 Å². The van der Waals surface area contributed by atoms with Crippen molar-refractivity contribution in [2.24, 2.45) is 5.92 Å². The molecule has 1 fully saturated rings. The number of nitrogens with zero attached hydrogens (tertiary/aromatic N) is 4. The van der Waals surface area contributed by atoms with Gasteiger partial charge in [0.2, 0.25) is 5.91 Å². The molecule has 8 heteroatoms. The van der Waals surface area contributed by atoms with Gasteiger partial charge in [-0.05, 0) is 51.0 Å². The van der Waals surface area contributed by atoms with Crippen molar-refractivity contribution in [3.05, 3.63) is 47.4 Å². The van der Waals surface area contributed by atoms with Crippen LogP contribution in [0.3, 0.4) is 0 Å². The van der Waals surface area contributed by atoms with E-state index in [2.05, 4.69) is 20.2 Å². The van der Waals surface area contributed by atoms with Gasteiger partial charge >= 0.3 is 0 Å². The van der Waals surface area contributed by atoms with E-state index in [0.717, 1.165) is 17.3 Å². The smallest absolute Gasteiger partial charge is 0.251 e. The van der Waals surface area contributed by atoms with Gasteiger partial charge in [-0.15, -0.1) is 0 Å². The first kappa shape index (κ1) is 23.5. The van der Waals surface area contributed by atoms with Gasteiger partial charge in [0.15, 0.2) is 0 Å². The molecule has 0 bridgehead atoms. The standard InChI is InChI=1S/C24H33N5O3/c1-6-32-20-9-7-19(8-10-20)23(30)27-22(16(2)3)24(31)29-13-11-28(12-14-29)21-15-17(4)25-18(5)26-21/h7-10,15-16,22H,6,11-14H2,1-5H3,(H,27,30). The first-order valence-electron chi connectivity index (χ1n) is 11.2. The minimum absolute atomic E-state index is 0.0284. The molecule has 0 aliphatic carbocycles. The number of hydrogen-bond acceptors (Lipinski definition) is 6. The van der Waals surface area contributed by atoms with Crippen LogP contribution in [0.5, 0.6) is 5.75 Å². The zero-order valence-corrected chi connectivity index (χ0v) is 19.6. The van der Waals surface area contributed by atoms with Crippen LogP contribution in [0, 0.1) is 19.8 Å². The Bertz CT molecular complexity index is 917. The highest BCUT2D eigenvalue weighted by Gasteiger charge is 2.31. The second-order valence-corrected chi connectivity index (χ2v) is 8.38. The molecule has 0 saturated carbocycles. The molecule has 1 aromatic heterocycles. The lowest BCUT2D eigenvalue weighted by Gasteiger charge is -2.37. The molecule has 8 nitrogen and oxygen atoms in total. The number of rotatable bonds is 7.